The summed E-state index contributed by atoms with van der Waals surface area (Å²) in [6.07, 6.45) is -0.233. The van der Waals surface area contributed by atoms with Crippen LogP contribution < -0.4 is 5.56 Å². The number of ether oxygens (including phenoxy) is 1. The van der Waals surface area contributed by atoms with Gasteiger partial charge in [0.05, 0.1) is 17.0 Å². The van der Waals surface area contributed by atoms with Gasteiger partial charge in [0.15, 0.2) is 0 Å². The topological polar surface area (TPSA) is 104 Å². The molecule has 0 fully saturated rings. The van der Waals surface area contributed by atoms with Crippen LogP contribution in [0.5, 0.6) is 0 Å². The van der Waals surface area contributed by atoms with E-state index in [1.165, 1.54) is 28.7 Å². The van der Waals surface area contributed by atoms with Gasteiger partial charge in [-0.3, -0.25) is 24.1 Å². The third-order valence-corrected chi connectivity index (χ3v) is 3.84. The minimum Gasteiger partial charge on any atom is -0.459 e. The predicted molar refractivity (Wildman–Crippen MR) is 92.8 cm³/mol. The largest absolute Gasteiger partial charge is 0.459 e. The Labute approximate surface area is 147 Å². The standard InChI is InChI=1S/C18H15N3O5/c1-12-5-4-8-16-19-14(10-17(22)20(12)16)11-26-18(23)9-13-6-2-3-7-15(13)21(24)25/h2-8,10H,9,11H2,1H3. The molecule has 26 heavy (non-hydrogen) atoms. The van der Waals surface area contributed by atoms with Gasteiger partial charge in [-0.2, -0.15) is 0 Å². The van der Waals surface area contributed by atoms with E-state index in [-0.39, 0.29) is 29.8 Å². The molecule has 3 rings (SSSR count). The van der Waals surface area contributed by atoms with E-state index in [0.717, 1.165) is 5.69 Å². The molecule has 0 aliphatic heterocycles. The van der Waals surface area contributed by atoms with Crippen LogP contribution in [-0.4, -0.2) is 20.3 Å². The summed E-state index contributed by atoms with van der Waals surface area (Å²) in [5.41, 5.74) is 1.39. The number of aryl methyl sites for hydroxylation is 1. The second-order valence-electron chi connectivity index (χ2n) is 5.67. The molecule has 2 aromatic heterocycles. The van der Waals surface area contributed by atoms with Crippen LogP contribution in [0.3, 0.4) is 0 Å². The molecule has 0 bridgehead atoms. The van der Waals surface area contributed by atoms with Crippen LogP contribution in [0.2, 0.25) is 0 Å². The summed E-state index contributed by atoms with van der Waals surface area (Å²) in [6, 6.07) is 12.5. The SMILES string of the molecule is Cc1cccc2nc(COC(=O)Cc3ccccc3[N+](=O)[O-])cc(=O)n12. The van der Waals surface area contributed by atoms with Crippen molar-refractivity contribution in [2.75, 3.05) is 0 Å². The van der Waals surface area contributed by atoms with Crippen molar-refractivity contribution >= 4 is 17.3 Å². The molecule has 0 saturated heterocycles. The summed E-state index contributed by atoms with van der Waals surface area (Å²) < 4.78 is 6.59. The van der Waals surface area contributed by atoms with Gasteiger partial charge in [0.25, 0.3) is 11.2 Å². The number of pyridine rings is 1. The molecule has 0 amide bonds. The molecule has 0 aliphatic carbocycles. The second-order valence-corrected chi connectivity index (χ2v) is 5.67. The highest BCUT2D eigenvalue weighted by molar-refractivity contribution is 5.74. The fourth-order valence-electron chi connectivity index (χ4n) is 2.64. The number of fused-ring (bicyclic) bond motifs is 1. The monoisotopic (exact) mass is 353 g/mol. The van der Waals surface area contributed by atoms with E-state index in [1.54, 1.807) is 31.2 Å². The molecule has 1 aromatic carbocycles. The second kappa shape index (κ2) is 7.14. The molecular formula is C18H15N3O5. The molecular weight excluding hydrogens is 338 g/mol. The minimum atomic E-state index is -0.634. The first-order valence-corrected chi connectivity index (χ1v) is 7.82. The smallest absolute Gasteiger partial charge is 0.310 e. The van der Waals surface area contributed by atoms with Gasteiger partial charge in [-0.1, -0.05) is 24.3 Å². The number of carbonyl (C=O) groups excluding carboxylic acids is 1. The zero-order valence-corrected chi connectivity index (χ0v) is 13.9. The molecule has 0 unspecified atom stereocenters. The first-order chi connectivity index (χ1) is 12.5. The van der Waals surface area contributed by atoms with Gasteiger partial charge < -0.3 is 4.74 Å². The van der Waals surface area contributed by atoms with Gasteiger partial charge in [-0.15, -0.1) is 0 Å². The lowest BCUT2D eigenvalue weighted by Gasteiger charge is -2.08. The molecule has 132 valence electrons. The van der Waals surface area contributed by atoms with Crippen LogP contribution in [0.25, 0.3) is 5.65 Å². The van der Waals surface area contributed by atoms with Crippen molar-refractivity contribution in [2.45, 2.75) is 20.0 Å². The fourth-order valence-corrected chi connectivity index (χ4v) is 2.64. The van der Waals surface area contributed by atoms with Crippen LogP contribution in [0.1, 0.15) is 17.0 Å². The molecule has 0 spiro atoms. The van der Waals surface area contributed by atoms with E-state index in [9.17, 15) is 19.7 Å². The molecule has 0 radical (unpaired) electrons. The molecule has 0 saturated carbocycles. The maximum absolute atomic E-state index is 12.2. The van der Waals surface area contributed by atoms with E-state index in [4.69, 9.17) is 4.74 Å². The number of carbonyl (C=O) groups is 1. The Balaban J connectivity index is 1.74. The number of nitrogens with zero attached hydrogens (tertiary/aromatic N) is 3. The Bertz CT molecular complexity index is 1060. The number of esters is 1. The molecule has 0 aliphatic rings. The van der Waals surface area contributed by atoms with Gasteiger partial charge in [0.2, 0.25) is 0 Å². The van der Waals surface area contributed by atoms with Crippen LogP contribution in [0.15, 0.2) is 53.3 Å². The summed E-state index contributed by atoms with van der Waals surface area (Å²) in [4.78, 5) is 38.9. The number of nitro benzene ring substituents is 1. The molecule has 8 heteroatoms. The van der Waals surface area contributed by atoms with E-state index in [0.29, 0.717) is 11.3 Å². The molecule has 2 heterocycles. The van der Waals surface area contributed by atoms with Crippen LogP contribution in [0.4, 0.5) is 5.69 Å². The fraction of sp³-hybridized carbons (Fsp3) is 0.167. The number of hydrogen-bond acceptors (Lipinski definition) is 6. The van der Waals surface area contributed by atoms with Gasteiger partial charge in [-0.05, 0) is 19.1 Å². The van der Waals surface area contributed by atoms with Crippen molar-refractivity contribution in [1.82, 2.24) is 9.38 Å². The number of benzene rings is 1. The number of hydrogen-bond donors (Lipinski definition) is 0. The molecule has 8 nitrogen and oxygen atoms in total. The summed E-state index contributed by atoms with van der Waals surface area (Å²) in [7, 11) is 0. The van der Waals surface area contributed by atoms with E-state index < -0.39 is 10.9 Å². The van der Waals surface area contributed by atoms with Crippen LogP contribution >= 0.6 is 0 Å². The number of nitro groups is 1. The minimum absolute atomic E-state index is 0.137. The lowest BCUT2D eigenvalue weighted by molar-refractivity contribution is -0.385. The molecule has 0 atom stereocenters. The predicted octanol–water partition coefficient (Wildman–Crippen LogP) is 2.20. The third kappa shape index (κ3) is 3.59. The molecule has 3 aromatic rings. The molecule has 0 N–H and O–H groups in total. The van der Waals surface area contributed by atoms with E-state index in [1.807, 2.05) is 0 Å². The first-order valence-electron chi connectivity index (χ1n) is 7.82. The Morgan fingerprint density at radius 2 is 2.00 bits per heavy atom. The summed E-state index contributed by atoms with van der Waals surface area (Å²) >= 11 is 0. The highest BCUT2D eigenvalue weighted by atomic mass is 16.6. The van der Waals surface area contributed by atoms with Crippen molar-refractivity contribution in [3.05, 3.63) is 86.0 Å². The Hall–Kier alpha value is -3.55. The summed E-state index contributed by atoms with van der Waals surface area (Å²) in [5.74, 6) is -0.634. The van der Waals surface area contributed by atoms with Gasteiger partial charge in [-0.25, -0.2) is 4.98 Å². The van der Waals surface area contributed by atoms with Crippen molar-refractivity contribution in [1.29, 1.82) is 0 Å². The lowest BCUT2D eigenvalue weighted by atomic mass is 10.1. The van der Waals surface area contributed by atoms with Gasteiger partial charge in [0, 0.05) is 23.4 Å². The number of rotatable bonds is 5. The quantitative estimate of drug-likeness (QED) is 0.396. The zero-order chi connectivity index (χ0) is 18.7. The normalized spacial score (nSPS) is 10.7. The Kier molecular flexibility index (Phi) is 4.74. The zero-order valence-electron chi connectivity index (χ0n) is 13.9. The summed E-state index contributed by atoms with van der Waals surface area (Å²) in [5, 5.41) is 11.0. The highest BCUT2D eigenvalue weighted by Gasteiger charge is 2.16. The average molecular weight is 353 g/mol. The van der Waals surface area contributed by atoms with Gasteiger partial charge >= 0.3 is 5.97 Å². The van der Waals surface area contributed by atoms with Crippen LogP contribution in [-0.2, 0) is 22.6 Å². The maximum atomic E-state index is 12.2. The summed E-state index contributed by atoms with van der Waals surface area (Å²) in [6.45, 7) is 1.61. The van der Waals surface area contributed by atoms with Crippen LogP contribution in [0, 0.1) is 17.0 Å². The third-order valence-electron chi connectivity index (χ3n) is 3.84. The first kappa shape index (κ1) is 17.3. The van der Waals surface area contributed by atoms with Crippen molar-refractivity contribution in [3.8, 4) is 0 Å². The number of aromatic nitrogens is 2. The average Bonchev–Trinajstić information content (AvgIpc) is 2.60. The van der Waals surface area contributed by atoms with Crippen molar-refractivity contribution in [3.63, 3.8) is 0 Å². The lowest BCUT2D eigenvalue weighted by Crippen LogP contribution is -2.18. The number of para-hydroxylation sites is 1. The van der Waals surface area contributed by atoms with Crippen molar-refractivity contribution < 1.29 is 14.5 Å². The highest BCUT2D eigenvalue weighted by Crippen LogP contribution is 2.18. The van der Waals surface area contributed by atoms with E-state index >= 15 is 0 Å². The Morgan fingerprint density at radius 3 is 2.77 bits per heavy atom. The van der Waals surface area contributed by atoms with Crippen molar-refractivity contribution in [2.24, 2.45) is 0 Å². The van der Waals surface area contributed by atoms with Gasteiger partial charge in [0.1, 0.15) is 12.3 Å². The maximum Gasteiger partial charge on any atom is 0.310 e. The Morgan fingerprint density at radius 1 is 1.23 bits per heavy atom. The van der Waals surface area contributed by atoms with E-state index in [2.05, 4.69) is 4.98 Å².